The molecule has 0 spiro atoms. The molecule has 0 aromatic heterocycles. The molecule has 3 heteroatoms. The van der Waals surface area contributed by atoms with E-state index >= 15 is 0 Å². The average Bonchev–Trinajstić information content (AvgIpc) is 2.26. The molecule has 1 unspecified atom stereocenters. The third-order valence-corrected chi connectivity index (χ3v) is 2.03. The Balaban J connectivity index is 2.32. The number of carbonyl (C=O) groups is 1. The van der Waals surface area contributed by atoms with E-state index in [1.165, 1.54) is 0 Å². The number of nitrogens with zero attached hydrogens (tertiary/aromatic N) is 1. The van der Waals surface area contributed by atoms with Gasteiger partial charge in [0, 0.05) is 12.8 Å². The number of nitriles is 1. The molecule has 1 fully saturated rings. The molecule has 0 radical (unpaired) electrons. The first-order chi connectivity index (χ1) is 5.83. The van der Waals surface area contributed by atoms with Gasteiger partial charge in [-0.15, -0.1) is 0 Å². The summed E-state index contributed by atoms with van der Waals surface area (Å²) in [4.78, 5) is 11.0. The predicted octanol–water partition coefficient (Wildman–Crippen LogP) is 1.78. The quantitative estimate of drug-likeness (QED) is 0.589. The molecule has 1 heterocycles. The molecule has 0 N–H and O–H groups in total. The van der Waals surface area contributed by atoms with Crippen LogP contribution in [-0.2, 0) is 9.53 Å². The van der Waals surface area contributed by atoms with E-state index in [1.54, 1.807) is 0 Å². The number of cyclic esters (lactones) is 1. The maximum atomic E-state index is 11.0. The van der Waals surface area contributed by atoms with Crippen LogP contribution in [0.5, 0.6) is 0 Å². The van der Waals surface area contributed by atoms with E-state index in [0.29, 0.717) is 19.3 Å². The highest BCUT2D eigenvalue weighted by molar-refractivity contribution is 5.69. The summed E-state index contributed by atoms with van der Waals surface area (Å²) in [6.07, 6.45) is 4.63. The highest BCUT2D eigenvalue weighted by Crippen LogP contribution is 2.17. The van der Waals surface area contributed by atoms with Gasteiger partial charge >= 0.3 is 5.97 Å². The lowest BCUT2D eigenvalue weighted by Crippen LogP contribution is -2.14. The SMILES string of the molecule is N#CCCC1CCCCC(=O)O1. The molecule has 1 atom stereocenters. The highest BCUT2D eigenvalue weighted by Gasteiger charge is 2.17. The summed E-state index contributed by atoms with van der Waals surface area (Å²) >= 11 is 0. The second-order valence-electron chi connectivity index (χ2n) is 3.05. The first-order valence-corrected chi connectivity index (χ1v) is 4.39. The van der Waals surface area contributed by atoms with Crippen molar-refractivity contribution < 1.29 is 9.53 Å². The van der Waals surface area contributed by atoms with E-state index in [-0.39, 0.29) is 12.1 Å². The summed E-state index contributed by atoms with van der Waals surface area (Å²) < 4.78 is 5.12. The second-order valence-corrected chi connectivity index (χ2v) is 3.05. The van der Waals surface area contributed by atoms with Gasteiger partial charge in [0.25, 0.3) is 0 Å². The van der Waals surface area contributed by atoms with Crippen molar-refractivity contribution in [3.63, 3.8) is 0 Å². The first-order valence-electron chi connectivity index (χ1n) is 4.39. The van der Waals surface area contributed by atoms with Crippen LogP contribution in [0.4, 0.5) is 0 Å². The van der Waals surface area contributed by atoms with Crippen molar-refractivity contribution in [2.75, 3.05) is 0 Å². The lowest BCUT2D eigenvalue weighted by atomic mass is 10.1. The van der Waals surface area contributed by atoms with Crippen LogP contribution >= 0.6 is 0 Å². The van der Waals surface area contributed by atoms with E-state index in [2.05, 4.69) is 6.07 Å². The number of ether oxygens (including phenoxy) is 1. The minimum Gasteiger partial charge on any atom is -0.462 e. The van der Waals surface area contributed by atoms with Gasteiger partial charge in [0.1, 0.15) is 6.10 Å². The lowest BCUT2D eigenvalue weighted by Gasteiger charge is -2.12. The zero-order valence-corrected chi connectivity index (χ0v) is 7.08. The third-order valence-electron chi connectivity index (χ3n) is 2.03. The summed E-state index contributed by atoms with van der Waals surface area (Å²) in [6.45, 7) is 0. The Morgan fingerprint density at radius 2 is 2.42 bits per heavy atom. The van der Waals surface area contributed by atoms with Crippen LogP contribution in [-0.4, -0.2) is 12.1 Å². The van der Waals surface area contributed by atoms with Crippen LogP contribution in [0.3, 0.4) is 0 Å². The van der Waals surface area contributed by atoms with Crippen molar-refractivity contribution in [3.8, 4) is 6.07 Å². The summed E-state index contributed by atoms with van der Waals surface area (Å²) in [5, 5.41) is 8.34. The molecule has 0 aliphatic carbocycles. The predicted molar refractivity (Wildman–Crippen MR) is 43.2 cm³/mol. The number of esters is 1. The number of hydrogen-bond donors (Lipinski definition) is 0. The summed E-state index contributed by atoms with van der Waals surface area (Å²) in [6, 6.07) is 2.06. The molecular weight excluding hydrogens is 154 g/mol. The topological polar surface area (TPSA) is 50.1 Å². The Kier molecular flexibility index (Phi) is 3.59. The average molecular weight is 167 g/mol. The molecule has 1 aliphatic heterocycles. The molecule has 12 heavy (non-hydrogen) atoms. The summed E-state index contributed by atoms with van der Waals surface area (Å²) in [5.41, 5.74) is 0. The van der Waals surface area contributed by atoms with Gasteiger partial charge in [-0.05, 0) is 25.7 Å². The summed E-state index contributed by atoms with van der Waals surface area (Å²) in [7, 11) is 0. The van der Waals surface area contributed by atoms with Gasteiger partial charge in [0.15, 0.2) is 0 Å². The molecule has 0 aromatic rings. The van der Waals surface area contributed by atoms with Gasteiger partial charge in [-0.25, -0.2) is 0 Å². The third kappa shape index (κ3) is 2.91. The van der Waals surface area contributed by atoms with Crippen molar-refractivity contribution in [2.45, 2.75) is 44.6 Å². The zero-order valence-electron chi connectivity index (χ0n) is 7.08. The highest BCUT2D eigenvalue weighted by atomic mass is 16.5. The van der Waals surface area contributed by atoms with E-state index < -0.39 is 0 Å². The van der Waals surface area contributed by atoms with Crippen molar-refractivity contribution >= 4 is 5.97 Å². The van der Waals surface area contributed by atoms with E-state index in [1.807, 2.05) is 0 Å². The number of hydrogen-bond acceptors (Lipinski definition) is 3. The minimum atomic E-state index is -0.101. The smallest absolute Gasteiger partial charge is 0.306 e. The van der Waals surface area contributed by atoms with Crippen LogP contribution in [0, 0.1) is 11.3 Å². The van der Waals surface area contributed by atoms with Crippen LogP contribution in [0.25, 0.3) is 0 Å². The van der Waals surface area contributed by atoms with Crippen molar-refractivity contribution in [1.82, 2.24) is 0 Å². The molecule has 0 amide bonds. The molecule has 0 bridgehead atoms. The fourth-order valence-corrected chi connectivity index (χ4v) is 1.37. The Hall–Kier alpha value is -1.04. The minimum absolute atomic E-state index is 0.000324. The van der Waals surface area contributed by atoms with Crippen LogP contribution in [0.1, 0.15) is 38.5 Å². The Morgan fingerprint density at radius 1 is 1.58 bits per heavy atom. The van der Waals surface area contributed by atoms with Crippen molar-refractivity contribution in [3.05, 3.63) is 0 Å². The molecule has 66 valence electrons. The molecule has 0 saturated carbocycles. The van der Waals surface area contributed by atoms with E-state index in [9.17, 15) is 4.79 Å². The monoisotopic (exact) mass is 167 g/mol. The van der Waals surface area contributed by atoms with Crippen molar-refractivity contribution in [2.24, 2.45) is 0 Å². The maximum absolute atomic E-state index is 11.0. The Bertz CT molecular complexity index is 195. The van der Waals surface area contributed by atoms with Crippen LogP contribution in [0.15, 0.2) is 0 Å². The summed E-state index contributed by atoms with van der Waals surface area (Å²) in [5.74, 6) is -0.101. The molecule has 0 aromatic carbocycles. The van der Waals surface area contributed by atoms with Gasteiger partial charge in [0.2, 0.25) is 0 Å². The lowest BCUT2D eigenvalue weighted by molar-refractivity contribution is -0.148. The van der Waals surface area contributed by atoms with Gasteiger partial charge in [-0.2, -0.15) is 5.26 Å². The van der Waals surface area contributed by atoms with Gasteiger partial charge in [-0.1, -0.05) is 0 Å². The van der Waals surface area contributed by atoms with Crippen molar-refractivity contribution in [1.29, 1.82) is 5.26 Å². The van der Waals surface area contributed by atoms with E-state index in [4.69, 9.17) is 10.00 Å². The second kappa shape index (κ2) is 4.76. The maximum Gasteiger partial charge on any atom is 0.306 e. The Labute approximate surface area is 72.3 Å². The molecule has 1 rings (SSSR count). The normalized spacial score (nSPS) is 23.9. The van der Waals surface area contributed by atoms with Gasteiger partial charge in [0.05, 0.1) is 6.07 Å². The first kappa shape index (κ1) is 9.05. The standard InChI is InChI=1S/C9H13NO2/c10-7-3-5-8-4-1-2-6-9(11)12-8/h8H,1-6H2. The Morgan fingerprint density at radius 3 is 3.17 bits per heavy atom. The molecule has 1 aliphatic rings. The fraction of sp³-hybridized carbons (Fsp3) is 0.778. The van der Waals surface area contributed by atoms with Gasteiger partial charge in [-0.3, -0.25) is 4.79 Å². The van der Waals surface area contributed by atoms with Crippen LogP contribution in [0.2, 0.25) is 0 Å². The molecular formula is C9H13NO2. The van der Waals surface area contributed by atoms with E-state index in [0.717, 1.165) is 19.3 Å². The largest absolute Gasteiger partial charge is 0.462 e. The van der Waals surface area contributed by atoms with Gasteiger partial charge < -0.3 is 4.74 Å². The number of carbonyl (C=O) groups excluding carboxylic acids is 1. The van der Waals surface area contributed by atoms with Crippen LogP contribution < -0.4 is 0 Å². The number of rotatable bonds is 2. The zero-order chi connectivity index (χ0) is 8.81. The molecule has 3 nitrogen and oxygen atoms in total. The fourth-order valence-electron chi connectivity index (χ4n) is 1.37. The molecule has 1 saturated heterocycles.